The van der Waals surface area contributed by atoms with Crippen LogP contribution >= 0.6 is 23.2 Å². The van der Waals surface area contributed by atoms with E-state index < -0.39 is 12.1 Å². The Morgan fingerprint density at radius 2 is 1.91 bits per heavy atom. The van der Waals surface area contributed by atoms with Gasteiger partial charge in [0.15, 0.2) is 17.2 Å². The van der Waals surface area contributed by atoms with E-state index in [1.807, 2.05) is 0 Å². The van der Waals surface area contributed by atoms with Gasteiger partial charge >= 0.3 is 6.36 Å². The van der Waals surface area contributed by atoms with Crippen molar-refractivity contribution in [3.63, 3.8) is 0 Å². The molecular weight excluding hydrogens is 358 g/mol. The molecule has 2 heterocycles. The molecule has 0 saturated heterocycles. The number of hydrogen-bond acceptors (Lipinski definition) is 5. The van der Waals surface area contributed by atoms with E-state index in [1.54, 1.807) is 0 Å². The standard InChI is InChI=1S/C12H6Cl2F3N5O/c13-5-1-6(14)8(7(2-5)23-12(15,16)17)22-11-9-10(19-3-18-9)20-4-21-11/h1-4H,(H2,18,19,20,21,22). The topological polar surface area (TPSA) is 75.7 Å². The van der Waals surface area contributed by atoms with Crippen molar-refractivity contribution >= 4 is 45.9 Å². The third-order valence-electron chi connectivity index (χ3n) is 2.71. The molecule has 0 atom stereocenters. The molecule has 3 aromatic rings. The maximum absolute atomic E-state index is 12.5. The number of anilines is 2. The summed E-state index contributed by atoms with van der Waals surface area (Å²) in [7, 11) is 0. The molecule has 0 radical (unpaired) electrons. The lowest BCUT2D eigenvalue weighted by Gasteiger charge is -2.16. The predicted octanol–water partition coefficient (Wildman–Crippen LogP) is 4.30. The number of aromatic amines is 1. The minimum atomic E-state index is -4.90. The molecule has 0 spiro atoms. The van der Waals surface area contributed by atoms with Crippen LogP contribution in [-0.2, 0) is 0 Å². The zero-order valence-electron chi connectivity index (χ0n) is 10.9. The number of nitrogens with one attached hydrogen (secondary N) is 2. The highest BCUT2D eigenvalue weighted by Crippen LogP contribution is 2.40. The van der Waals surface area contributed by atoms with Crippen LogP contribution in [0.3, 0.4) is 0 Å². The molecule has 120 valence electrons. The van der Waals surface area contributed by atoms with Gasteiger partial charge in [-0.2, -0.15) is 0 Å². The quantitative estimate of drug-likeness (QED) is 0.725. The SMILES string of the molecule is FC(F)(F)Oc1cc(Cl)cc(Cl)c1Nc1ncnc2nc[nH]c12. The van der Waals surface area contributed by atoms with Crippen molar-refractivity contribution in [2.75, 3.05) is 5.32 Å². The average Bonchev–Trinajstić information content (AvgIpc) is 2.90. The smallest absolute Gasteiger partial charge is 0.403 e. The minimum absolute atomic E-state index is 0.00539. The number of nitrogens with zero attached hydrogens (tertiary/aromatic N) is 3. The van der Waals surface area contributed by atoms with E-state index in [0.717, 1.165) is 6.07 Å². The number of ether oxygens (including phenoxy) is 1. The van der Waals surface area contributed by atoms with Crippen LogP contribution < -0.4 is 10.1 Å². The van der Waals surface area contributed by atoms with E-state index in [9.17, 15) is 13.2 Å². The molecule has 23 heavy (non-hydrogen) atoms. The van der Waals surface area contributed by atoms with Gasteiger partial charge in [0.1, 0.15) is 17.5 Å². The zero-order chi connectivity index (χ0) is 16.6. The second-order valence-electron chi connectivity index (χ2n) is 4.26. The maximum Gasteiger partial charge on any atom is 0.573 e. The van der Waals surface area contributed by atoms with Crippen molar-refractivity contribution in [3.8, 4) is 5.75 Å². The fourth-order valence-electron chi connectivity index (χ4n) is 1.85. The van der Waals surface area contributed by atoms with Crippen LogP contribution in [0.5, 0.6) is 5.75 Å². The maximum atomic E-state index is 12.5. The molecule has 0 unspecified atom stereocenters. The van der Waals surface area contributed by atoms with Crippen molar-refractivity contribution in [1.82, 2.24) is 19.9 Å². The van der Waals surface area contributed by atoms with Gasteiger partial charge in [0.2, 0.25) is 0 Å². The second kappa shape index (κ2) is 5.74. The van der Waals surface area contributed by atoms with Gasteiger partial charge in [-0.1, -0.05) is 23.2 Å². The Hall–Kier alpha value is -2.26. The molecule has 0 aliphatic heterocycles. The number of benzene rings is 1. The Bertz CT molecular complexity index is 868. The first kappa shape index (κ1) is 15.6. The van der Waals surface area contributed by atoms with Crippen LogP contribution in [0.2, 0.25) is 10.0 Å². The highest BCUT2D eigenvalue weighted by molar-refractivity contribution is 6.37. The van der Waals surface area contributed by atoms with Crippen molar-refractivity contribution in [1.29, 1.82) is 0 Å². The van der Waals surface area contributed by atoms with Crippen LogP contribution in [0.15, 0.2) is 24.8 Å². The van der Waals surface area contributed by atoms with E-state index >= 15 is 0 Å². The monoisotopic (exact) mass is 363 g/mol. The third-order valence-corrected chi connectivity index (χ3v) is 3.23. The van der Waals surface area contributed by atoms with Gasteiger partial charge in [-0.15, -0.1) is 13.2 Å². The average molecular weight is 364 g/mol. The van der Waals surface area contributed by atoms with Crippen molar-refractivity contribution in [2.45, 2.75) is 6.36 Å². The van der Waals surface area contributed by atoms with Gasteiger partial charge in [-0.05, 0) is 6.07 Å². The number of fused-ring (bicyclic) bond motifs is 1. The van der Waals surface area contributed by atoms with Crippen LogP contribution in [0.25, 0.3) is 11.2 Å². The Balaban J connectivity index is 2.07. The molecule has 1 aromatic carbocycles. The molecular formula is C12H6Cl2F3N5O. The van der Waals surface area contributed by atoms with Crippen LogP contribution in [0.4, 0.5) is 24.7 Å². The first-order valence-electron chi connectivity index (χ1n) is 5.99. The highest BCUT2D eigenvalue weighted by Gasteiger charge is 2.33. The zero-order valence-corrected chi connectivity index (χ0v) is 12.5. The summed E-state index contributed by atoms with van der Waals surface area (Å²) >= 11 is 11.7. The van der Waals surface area contributed by atoms with Gasteiger partial charge in [0.05, 0.1) is 11.3 Å². The Labute approximate surface area is 136 Å². The summed E-state index contributed by atoms with van der Waals surface area (Å²) in [6.45, 7) is 0. The van der Waals surface area contributed by atoms with Crippen molar-refractivity contribution in [2.24, 2.45) is 0 Å². The van der Waals surface area contributed by atoms with Gasteiger partial charge in [0.25, 0.3) is 0 Å². The summed E-state index contributed by atoms with van der Waals surface area (Å²) < 4.78 is 41.6. The van der Waals surface area contributed by atoms with E-state index in [4.69, 9.17) is 23.2 Å². The number of aromatic nitrogens is 4. The van der Waals surface area contributed by atoms with Crippen LogP contribution in [0.1, 0.15) is 0 Å². The lowest BCUT2D eigenvalue weighted by atomic mass is 10.3. The molecule has 0 fully saturated rings. The predicted molar refractivity (Wildman–Crippen MR) is 78.1 cm³/mol. The molecule has 0 amide bonds. The fourth-order valence-corrected chi connectivity index (χ4v) is 2.38. The number of imidazole rings is 1. The lowest BCUT2D eigenvalue weighted by molar-refractivity contribution is -0.274. The molecule has 2 N–H and O–H groups in total. The molecule has 0 aliphatic rings. The Kier molecular flexibility index (Phi) is 3.90. The fraction of sp³-hybridized carbons (Fsp3) is 0.0833. The summed E-state index contributed by atoms with van der Waals surface area (Å²) in [5, 5.41) is 2.61. The van der Waals surface area contributed by atoms with Crippen molar-refractivity contribution in [3.05, 3.63) is 34.8 Å². The Morgan fingerprint density at radius 1 is 1.13 bits per heavy atom. The summed E-state index contributed by atoms with van der Waals surface area (Å²) in [5.74, 6) is -0.398. The first-order chi connectivity index (χ1) is 10.8. The molecule has 0 bridgehead atoms. The Morgan fingerprint density at radius 3 is 2.65 bits per heavy atom. The van der Waals surface area contributed by atoms with Crippen LogP contribution in [-0.4, -0.2) is 26.3 Å². The number of halogens is 5. The summed E-state index contributed by atoms with van der Waals surface area (Å²) in [6.07, 6.45) is -2.32. The summed E-state index contributed by atoms with van der Waals surface area (Å²) in [6, 6.07) is 2.27. The molecule has 6 nitrogen and oxygen atoms in total. The molecule has 0 aliphatic carbocycles. The molecule has 11 heteroatoms. The normalized spacial score (nSPS) is 11.7. The molecule has 0 saturated carbocycles. The summed E-state index contributed by atoms with van der Waals surface area (Å²) in [4.78, 5) is 14.6. The van der Waals surface area contributed by atoms with Crippen LogP contribution in [0, 0.1) is 0 Å². The number of rotatable bonds is 3. The molecule has 3 rings (SSSR count). The molecule has 2 aromatic heterocycles. The second-order valence-corrected chi connectivity index (χ2v) is 5.10. The first-order valence-corrected chi connectivity index (χ1v) is 6.75. The van der Waals surface area contributed by atoms with E-state index in [0.29, 0.717) is 11.2 Å². The van der Waals surface area contributed by atoms with E-state index in [2.05, 4.69) is 30.0 Å². The largest absolute Gasteiger partial charge is 0.573 e. The van der Waals surface area contributed by atoms with Gasteiger partial charge in [-0.25, -0.2) is 15.0 Å². The highest BCUT2D eigenvalue weighted by atomic mass is 35.5. The number of alkyl halides is 3. The minimum Gasteiger partial charge on any atom is -0.403 e. The third kappa shape index (κ3) is 3.40. The summed E-state index contributed by atoms with van der Waals surface area (Å²) in [5.41, 5.74) is 0.602. The van der Waals surface area contributed by atoms with Gasteiger partial charge < -0.3 is 15.0 Å². The lowest BCUT2D eigenvalue weighted by Crippen LogP contribution is -2.18. The van der Waals surface area contributed by atoms with Gasteiger partial charge in [-0.3, -0.25) is 0 Å². The number of hydrogen-bond donors (Lipinski definition) is 2. The number of H-pyrrole nitrogens is 1. The van der Waals surface area contributed by atoms with E-state index in [-0.39, 0.29) is 21.6 Å². The van der Waals surface area contributed by atoms with Crippen molar-refractivity contribution < 1.29 is 17.9 Å². The van der Waals surface area contributed by atoms with E-state index in [1.165, 1.54) is 18.7 Å². The van der Waals surface area contributed by atoms with Gasteiger partial charge in [0, 0.05) is 11.1 Å².